The summed E-state index contributed by atoms with van der Waals surface area (Å²) < 4.78 is 4.69. The number of aliphatic hydroxyl groups excluding tert-OH is 1. The Kier molecular flexibility index (Phi) is 3.70. The molecule has 0 aliphatic heterocycles. The van der Waals surface area contributed by atoms with Crippen LogP contribution in [-0.2, 0) is 0 Å². The fourth-order valence-electron chi connectivity index (χ4n) is 2.76. The molecule has 2 N–H and O–H groups in total. The Morgan fingerprint density at radius 3 is 2.57 bits per heavy atom. The molecule has 110 valence electrons. The number of nitrogens with one attached hydrogen (secondary N) is 1. The van der Waals surface area contributed by atoms with Crippen LogP contribution in [0.3, 0.4) is 0 Å². The number of carbonyl (C=O) groups excluding carboxylic acids is 1. The summed E-state index contributed by atoms with van der Waals surface area (Å²) in [5, 5.41) is 16.3. The third-order valence-electron chi connectivity index (χ3n) is 4.01. The summed E-state index contributed by atoms with van der Waals surface area (Å²) in [6.07, 6.45) is 5.00. The Labute approximate surface area is 122 Å². The molecule has 2 aromatic rings. The minimum absolute atomic E-state index is 0.0142. The van der Waals surface area contributed by atoms with Gasteiger partial charge in [-0.05, 0) is 25.0 Å². The lowest BCUT2D eigenvalue weighted by atomic mass is 9.98. The minimum Gasteiger partial charge on any atom is -0.394 e. The van der Waals surface area contributed by atoms with Crippen molar-refractivity contribution in [3.05, 3.63) is 36.2 Å². The zero-order valence-electron chi connectivity index (χ0n) is 11.6. The third-order valence-corrected chi connectivity index (χ3v) is 4.01. The van der Waals surface area contributed by atoms with Crippen molar-refractivity contribution in [3.63, 3.8) is 0 Å². The van der Waals surface area contributed by atoms with Crippen molar-refractivity contribution in [1.29, 1.82) is 0 Å². The quantitative estimate of drug-likeness (QED) is 0.894. The maximum atomic E-state index is 12.3. The van der Waals surface area contributed by atoms with Gasteiger partial charge in [0.15, 0.2) is 0 Å². The molecule has 0 atom stereocenters. The first-order valence-electron chi connectivity index (χ1n) is 7.03. The van der Waals surface area contributed by atoms with Crippen LogP contribution < -0.4 is 5.32 Å². The van der Waals surface area contributed by atoms with Crippen molar-refractivity contribution in [2.75, 3.05) is 6.61 Å². The van der Waals surface area contributed by atoms with Gasteiger partial charge >= 0.3 is 0 Å². The average molecular weight is 287 g/mol. The molecule has 0 spiro atoms. The van der Waals surface area contributed by atoms with E-state index in [4.69, 9.17) is 4.52 Å². The molecule has 0 unspecified atom stereocenters. The van der Waals surface area contributed by atoms with Gasteiger partial charge in [0, 0.05) is 11.1 Å². The molecule has 1 amide bonds. The van der Waals surface area contributed by atoms with Crippen molar-refractivity contribution in [2.45, 2.75) is 31.2 Å². The van der Waals surface area contributed by atoms with E-state index in [1.807, 2.05) is 0 Å². The van der Waals surface area contributed by atoms with Crippen molar-refractivity contribution in [3.8, 4) is 11.4 Å². The lowest BCUT2D eigenvalue weighted by Crippen LogP contribution is -2.49. The first-order valence-corrected chi connectivity index (χ1v) is 7.03. The fourth-order valence-corrected chi connectivity index (χ4v) is 2.76. The number of aromatic nitrogens is 2. The van der Waals surface area contributed by atoms with Crippen LogP contribution in [0.15, 0.2) is 35.2 Å². The van der Waals surface area contributed by atoms with Gasteiger partial charge < -0.3 is 14.9 Å². The van der Waals surface area contributed by atoms with E-state index in [0.29, 0.717) is 11.4 Å². The first kappa shape index (κ1) is 13.8. The highest BCUT2D eigenvalue weighted by atomic mass is 16.5. The van der Waals surface area contributed by atoms with Crippen LogP contribution in [0.5, 0.6) is 0 Å². The van der Waals surface area contributed by atoms with E-state index in [1.54, 1.807) is 24.3 Å². The van der Waals surface area contributed by atoms with E-state index >= 15 is 0 Å². The second-order valence-electron chi connectivity index (χ2n) is 5.43. The Hall–Kier alpha value is -2.21. The smallest absolute Gasteiger partial charge is 0.251 e. The fraction of sp³-hybridized carbons (Fsp3) is 0.400. The Morgan fingerprint density at radius 1 is 1.29 bits per heavy atom. The molecule has 1 saturated carbocycles. The Morgan fingerprint density at radius 2 is 2.00 bits per heavy atom. The van der Waals surface area contributed by atoms with E-state index < -0.39 is 5.54 Å². The molecule has 1 fully saturated rings. The summed E-state index contributed by atoms with van der Waals surface area (Å²) >= 11 is 0. The zero-order valence-corrected chi connectivity index (χ0v) is 11.6. The summed E-state index contributed by atoms with van der Waals surface area (Å²) in [4.78, 5) is 16.2. The van der Waals surface area contributed by atoms with Crippen molar-refractivity contribution in [1.82, 2.24) is 15.5 Å². The molecule has 1 aliphatic carbocycles. The topological polar surface area (TPSA) is 88.2 Å². The van der Waals surface area contributed by atoms with Gasteiger partial charge in [-0.2, -0.15) is 4.98 Å². The van der Waals surface area contributed by atoms with E-state index in [2.05, 4.69) is 15.5 Å². The van der Waals surface area contributed by atoms with Crippen molar-refractivity contribution in [2.24, 2.45) is 0 Å². The van der Waals surface area contributed by atoms with E-state index in [0.717, 1.165) is 31.2 Å². The molecule has 0 saturated heterocycles. The van der Waals surface area contributed by atoms with Gasteiger partial charge in [0.1, 0.15) is 0 Å². The number of nitrogens with zero attached hydrogens (tertiary/aromatic N) is 2. The molecule has 3 rings (SSSR count). The number of aliphatic hydroxyl groups is 1. The Balaban J connectivity index is 1.73. The van der Waals surface area contributed by atoms with Gasteiger partial charge in [0.2, 0.25) is 12.2 Å². The first-order chi connectivity index (χ1) is 10.2. The number of hydrogen-bond acceptors (Lipinski definition) is 5. The third kappa shape index (κ3) is 2.80. The molecular formula is C15H17N3O3. The maximum Gasteiger partial charge on any atom is 0.251 e. The molecule has 1 aromatic carbocycles. The lowest BCUT2D eigenvalue weighted by Gasteiger charge is -2.28. The number of carbonyl (C=O) groups is 1. The summed E-state index contributed by atoms with van der Waals surface area (Å²) in [7, 11) is 0. The van der Waals surface area contributed by atoms with Crippen LogP contribution in [0.4, 0.5) is 0 Å². The molecule has 0 radical (unpaired) electrons. The van der Waals surface area contributed by atoms with E-state index in [1.165, 1.54) is 6.39 Å². The standard InChI is InChI=1S/C15H17N3O3/c19-9-15(7-1-2-8-15)17-14(20)12-5-3-11(4-6-12)13-16-10-21-18-13/h3-6,10,19H,1-2,7-9H2,(H,17,20). The number of benzene rings is 1. The number of rotatable bonds is 4. The molecule has 21 heavy (non-hydrogen) atoms. The normalized spacial score (nSPS) is 16.8. The average Bonchev–Trinajstić information content (AvgIpc) is 3.19. The summed E-state index contributed by atoms with van der Waals surface area (Å²) in [5.41, 5.74) is 0.892. The van der Waals surface area contributed by atoms with Crippen LogP contribution in [0.25, 0.3) is 11.4 Å². The van der Waals surface area contributed by atoms with Crippen LogP contribution in [-0.4, -0.2) is 33.3 Å². The van der Waals surface area contributed by atoms with Gasteiger partial charge in [0.25, 0.3) is 5.91 Å². The highest BCUT2D eigenvalue weighted by Crippen LogP contribution is 2.29. The summed E-state index contributed by atoms with van der Waals surface area (Å²) in [6.45, 7) is -0.0142. The minimum atomic E-state index is -0.455. The Bertz CT molecular complexity index is 602. The SMILES string of the molecule is O=C(NC1(CO)CCCC1)c1ccc(-c2ncon2)cc1. The molecule has 6 nitrogen and oxygen atoms in total. The zero-order chi connectivity index (χ0) is 14.7. The molecular weight excluding hydrogens is 270 g/mol. The molecule has 1 aromatic heterocycles. The van der Waals surface area contributed by atoms with Crippen molar-refractivity contribution < 1.29 is 14.4 Å². The van der Waals surface area contributed by atoms with Gasteiger partial charge in [-0.25, -0.2) is 0 Å². The van der Waals surface area contributed by atoms with Crippen LogP contribution in [0, 0.1) is 0 Å². The second kappa shape index (κ2) is 5.65. The van der Waals surface area contributed by atoms with Gasteiger partial charge in [-0.1, -0.05) is 30.1 Å². The monoisotopic (exact) mass is 287 g/mol. The molecule has 6 heteroatoms. The van der Waals surface area contributed by atoms with Crippen LogP contribution in [0.1, 0.15) is 36.0 Å². The predicted molar refractivity (Wildman–Crippen MR) is 75.5 cm³/mol. The van der Waals surface area contributed by atoms with Crippen LogP contribution in [0.2, 0.25) is 0 Å². The van der Waals surface area contributed by atoms with E-state index in [-0.39, 0.29) is 12.5 Å². The number of amides is 1. The molecule has 0 bridgehead atoms. The highest BCUT2D eigenvalue weighted by molar-refractivity contribution is 5.95. The van der Waals surface area contributed by atoms with Gasteiger partial charge in [-0.15, -0.1) is 0 Å². The van der Waals surface area contributed by atoms with Crippen LogP contribution >= 0.6 is 0 Å². The molecule has 1 aliphatic rings. The van der Waals surface area contributed by atoms with Crippen molar-refractivity contribution >= 4 is 5.91 Å². The summed E-state index contributed by atoms with van der Waals surface area (Å²) in [6, 6.07) is 7.00. The number of hydrogen-bond donors (Lipinski definition) is 2. The lowest BCUT2D eigenvalue weighted by molar-refractivity contribution is 0.0838. The largest absolute Gasteiger partial charge is 0.394 e. The predicted octanol–water partition coefficient (Wildman–Crippen LogP) is 1.77. The van der Waals surface area contributed by atoms with E-state index in [9.17, 15) is 9.90 Å². The molecule has 1 heterocycles. The highest BCUT2D eigenvalue weighted by Gasteiger charge is 2.34. The van der Waals surface area contributed by atoms with Gasteiger partial charge in [0.05, 0.1) is 12.1 Å². The second-order valence-corrected chi connectivity index (χ2v) is 5.43. The maximum absolute atomic E-state index is 12.3. The van der Waals surface area contributed by atoms with Gasteiger partial charge in [-0.3, -0.25) is 4.79 Å². The summed E-state index contributed by atoms with van der Waals surface area (Å²) in [5.74, 6) is 0.329.